The molecule has 0 aliphatic carbocycles. The zero-order valence-electron chi connectivity index (χ0n) is 6.84. The summed E-state index contributed by atoms with van der Waals surface area (Å²) >= 11 is 0. The number of amides is 1. The van der Waals surface area contributed by atoms with Gasteiger partial charge in [0.05, 0.1) is 6.04 Å². The highest BCUT2D eigenvalue weighted by molar-refractivity contribution is 5.82. The van der Waals surface area contributed by atoms with Crippen molar-refractivity contribution in [3.8, 4) is 0 Å². The first-order valence-electron chi connectivity index (χ1n) is 4.28. The van der Waals surface area contributed by atoms with Gasteiger partial charge < -0.3 is 5.32 Å². The molecule has 2 unspecified atom stereocenters. The maximum Gasteiger partial charge on any atom is 0.237 e. The summed E-state index contributed by atoms with van der Waals surface area (Å²) in [5.41, 5.74) is 0. The number of carbonyl (C=O) groups excluding carboxylic acids is 1. The second kappa shape index (κ2) is 2.48. The lowest BCUT2D eigenvalue weighted by molar-refractivity contribution is -0.132. The molecule has 0 spiro atoms. The van der Waals surface area contributed by atoms with E-state index in [0.717, 1.165) is 13.0 Å². The molecule has 2 bridgehead atoms. The minimum atomic E-state index is 0.169. The van der Waals surface area contributed by atoms with Crippen molar-refractivity contribution in [1.82, 2.24) is 10.2 Å². The van der Waals surface area contributed by atoms with Gasteiger partial charge in [-0.2, -0.15) is 0 Å². The Hall–Kier alpha value is -0.570. The first-order valence-corrected chi connectivity index (χ1v) is 4.28. The van der Waals surface area contributed by atoms with Crippen LogP contribution in [-0.2, 0) is 4.79 Å². The number of nitrogens with one attached hydrogen (secondary N) is 1. The van der Waals surface area contributed by atoms with Crippen LogP contribution in [0.15, 0.2) is 0 Å². The Kier molecular flexibility index (Phi) is 1.60. The van der Waals surface area contributed by atoms with Gasteiger partial charge in [-0.05, 0) is 26.3 Å². The van der Waals surface area contributed by atoms with E-state index in [-0.39, 0.29) is 11.9 Å². The largest absolute Gasteiger partial charge is 0.353 e. The van der Waals surface area contributed by atoms with Crippen LogP contribution in [-0.4, -0.2) is 36.5 Å². The average molecular weight is 154 g/mol. The van der Waals surface area contributed by atoms with E-state index < -0.39 is 0 Å². The predicted octanol–water partition coefficient (Wildman–Crippen LogP) is -0.0309. The van der Waals surface area contributed by atoms with Gasteiger partial charge in [0.2, 0.25) is 5.91 Å². The van der Waals surface area contributed by atoms with E-state index in [1.807, 2.05) is 0 Å². The number of carbonyl (C=O) groups is 1. The minimum Gasteiger partial charge on any atom is -0.353 e. The zero-order chi connectivity index (χ0) is 7.84. The second-order valence-electron chi connectivity index (χ2n) is 3.51. The normalized spacial score (nSPS) is 38.5. The highest BCUT2D eigenvalue weighted by Crippen LogP contribution is 2.23. The lowest BCUT2D eigenvalue weighted by atomic mass is 9.93. The molecular formula is C8H14N2O. The molecule has 0 aromatic rings. The summed E-state index contributed by atoms with van der Waals surface area (Å²) < 4.78 is 0. The van der Waals surface area contributed by atoms with Crippen LogP contribution in [0.1, 0.15) is 19.3 Å². The quantitative estimate of drug-likeness (QED) is 0.531. The van der Waals surface area contributed by atoms with Crippen LogP contribution in [0.2, 0.25) is 0 Å². The SMILES string of the molecule is CN1C2CCCC1C(=O)NC2. The Morgan fingerprint density at radius 3 is 3.09 bits per heavy atom. The van der Waals surface area contributed by atoms with Crippen LogP contribution in [0.25, 0.3) is 0 Å². The molecule has 1 N–H and O–H groups in total. The molecule has 0 aromatic heterocycles. The molecule has 0 aromatic carbocycles. The molecule has 2 aliphatic heterocycles. The smallest absolute Gasteiger partial charge is 0.237 e. The topological polar surface area (TPSA) is 32.3 Å². The molecule has 2 atom stereocenters. The van der Waals surface area contributed by atoms with E-state index >= 15 is 0 Å². The standard InChI is InChI=1S/C8H14N2O/c1-10-6-3-2-4-7(10)8(11)9-5-6/h6-7H,2-5H2,1H3,(H,9,11). The highest BCUT2D eigenvalue weighted by atomic mass is 16.2. The molecule has 11 heavy (non-hydrogen) atoms. The maximum atomic E-state index is 11.3. The molecule has 2 saturated heterocycles. The number of piperidine rings is 1. The van der Waals surface area contributed by atoms with Gasteiger partial charge in [-0.25, -0.2) is 0 Å². The van der Waals surface area contributed by atoms with Gasteiger partial charge in [0, 0.05) is 12.6 Å². The van der Waals surface area contributed by atoms with Crippen molar-refractivity contribution >= 4 is 5.91 Å². The number of nitrogens with zero attached hydrogens (tertiary/aromatic N) is 1. The highest BCUT2D eigenvalue weighted by Gasteiger charge is 2.36. The van der Waals surface area contributed by atoms with Gasteiger partial charge in [0.1, 0.15) is 0 Å². The minimum absolute atomic E-state index is 0.169. The van der Waals surface area contributed by atoms with E-state index in [0.29, 0.717) is 6.04 Å². The number of rotatable bonds is 0. The van der Waals surface area contributed by atoms with Gasteiger partial charge in [0.15, 0.2) is 0 Å². The Bertz CT molecular complexity index is 181. The lowest BCUT2D eigenvalue weighted by Gasteiger charge is -2.42. The third-order valence-corrected chi connectivity index (χ3v) is 2.90. The Morgan fingerprint density at radius 1 is 1.55 bits per heavy atom. The summed E-state index contributed by atoms with van der Waals surface area (Å²) in [6.07, 6.45) is 3.50. The van der Waals surface area contributed by atoms with E-state index in [9.17, 15) is 4.79 Å². The molecule has 3 heteroatoms. The van der Waals surface area contributed by atoms with Gasteiger partial charge >= 0.3 is 0 Å². The fraction of sp³-hybridized carbons (Fsp3) is 0.875. The number of fused-ring (bicyclic) bond motifs is 2. The van der Waals surface area contributed by atoms with Gasteiger partial charge in [-0.15, -0.1) is 0 Å². The van der Waals surface area contributed by atoms with Crippen molar-refractivity contribution in [2.45, 2.75) is 31.3 Å². The fourth-order valence-electron chi connectivity index (χ4n) is 2.11. The number of likely N-dealkylation sites (N-methyl/N-ethyl adjacent to an activating group) is 1. The van der Waals surface area contributed by atoms with Crippen LogP contribution < -0.4 is 5.32 Å². The van der Waals surface area contributed by atoms with Gasteiger partial charge in [0.25, 0.3) is 0 Å². The molecule has 3 nitrogen and oxygen atoms in total. The first-order chi connectivity index (χ1) is 5.29. The maximum absolute atomic E-state index is 11.3. The Morgan fingerprint density at radius 2 is 2.36 bits per heavy atom. The van der Waals surface area contributed by atoms with E-state index in [2.05, 4.69) is 17.3 Å². The monoisotopic (exact) mass is 154 g/mol. The Labute approximate surface area is 66.8 Å². The predicted molar refractivity (Wildman–Crippen MR) is 42.2 cm³/mol. The third kappa shape index (κ3) is 1.03. The summed E-state index contributed by atoms with van der Waals surface area (Å²) in [6, 6.07) is 0.772. The molecule has 1 amide bonds. The van der Waals surface area contributed by atoms with Crippen molar-refractivity contribution in [2.24, 2.45) is 0 Å². The first kappa shape index (κ1) is 7.10. The second-order valence-corrected chi connectivity index (χ2v) is 3.51. The lowest BCUT2D eigenvalue weighted by Crippen LogP contribution is -2.60. The van der Waals surface area contributed by atoms with Crippen LogP contribution in [0.3, 0.4) is 0 Å². The molecule has 0 saturated carbocycles. The molecule has 62 valence electrons. The Balaban J connectivity index is 2.15. The van der Waals surface area contributed by atoms with Gasteiger partial charge in [-0.3, -0.25) is 9.69 Å². The fourth-order valence-corrected chi connectivity index (χ4v) is 2.11. The van der Waals surface area contributed by atoms with Crippen molar-refractivity contribution in [1.29, 1.82) is 0 Å². The van der Waals surface area contributed by atoms with E-state index in [1.54, 1.807) is 0 Å². The van der Waals surface area contributed by atoms with Crippen molar-refractivity contribution in [3.63, 3.8) is 0 Å². The number of hydrogen-bond donors (Lipinski definition) is 1. The molecule has 0 radical (unpaired) electrons. The number of hydrogen-bond acceptors (Lipinski definition) is 2. The summed E-state index contributed by atoms with van der Waals surface area (Å²) in [5.74, 6) is 0.225. The molecule has 2 fully saturated rings. The third-order valence-electron chi connectivity index (χ3n) is 2.90. The molecule has 2 rings (SSSR count). The summed E-state index contributed by atoms with van der Waals surface area (Å²) in [7, 11) is 2.06. The summed E-state index contributed by atoms with van der Waals surface area (Å²) in [5, 5.41) is 2.93. The van der Waals surface area contributed by atoms with Gasteiger partial charge in [-0.1, -0.05) is 0 Å². The van der Waals surface area contributed by atoms with Crippen molar-refractivity contribution < 1.29 is 4.79 Å². The number of piperazine rings is 1. The van der Waals surface area contributed by atoms with E-state index in [1.165, 1.54) is 12.8 Å². The van der Waals surface area contributed by atoms with Crippen molar-refractivity contribution in [2.75, 3.05) is 13.6 Å². The summed E-state index contributed by atoms with van der Waals surface area (Å²) in [6.45, 7) is 0.853. The van der Waals surface area contributed by atoms with Crippen LogP contribution in [0.4, 0.5) is 0 Å². The molecule has 2 heterocycles. The van der Waals surface area contributed by atoms with Crippen LogP contribution >= 0.6 is 0 Å². The zero-order valence-corrected chi connectivity index (χ0v) is 6.84. The van der Waals surface area contributed by atoms with Crippen molar-refractivity contribution in [3.05, 3.63) is 0 Å². The molecular weight excluding hydrogens is 140 g/mol. The summed E-state index contributed by atoms with van der Waals surface area (Å²) in [4.78, 5) is 13.5. The van der Waals surface area contributed by atoms with Crippen LogP contribution in [0, 0.1) is 0 Å². The average Bonchev–Trinajstić information content (AvgIpc) is 1.98. The van der Waals surface area contributed by atoms with Crippen LogP contribution in [0.5, 0.6) is 0 Å². The van der Waals surface area contributed by atoms with E-state index in [4.69, 9.17) is 0 Å². The molecule has 2 aliphatic rings.